The summed E-state index contributed by atoms with van der Waals surface area (Å²) in [5.41, 5.74) is 2.04. The summed E-state index contributed by atoms with van der Waals surface area (Å²) in [7, 11) is 0. The fraction of sp³-hybridized carbons (Fsp3) is 0.500. The van der Waals surface area contributed by atoms with E-state index in [-0.39, 0.29) is 18.2 Å². The van der Waals surface area contributed by atoms with Gasteiger partial charge in [0.1, 0.15) is 0 Å². The largest absolute Gasteiger partial charge is 0.326 e. The molecule has 0 spiro atoms. The average Bonchev–Trinajstić information content (AvgIpc) is 2.38. The topological polar surface area (TPSA) is 52.9 Å². The zero-order valence-corrected chi connectivity index (χ0v) is 11.9. The van der Waals surface area contributed by atoms with Crippen LogP contribution in [-0.4, -0.2) is 5.91 Å². The first-order valence-corrected chi connectivity index (χ1v) is 6.86. The van der Waals surface area contributed by atoms with E-state index >= 15 is 0 Å². The number of nitrogens with zero attached hydrogens (tertiary/aromatic N) is 1. The standard InChI is InChI=1S/C16H22N2O/c1-4-5-13(11-17)10-16(19)18-15-8-6-14(7-9-15)12(2)3/h6-9,12-13H,4-5,10H2,1-3H3,(H,18,19). The van der Waals surface area contributed by atoms with Crippen LogP contribution in [0.15, 0.2) is 24.3 Å². The number of carbonyl (C=O) groups excluding carboxylic acids is 1. The molecule has 1 amide bonds. The Morgan fingerprint density at radius 1 is 1.32 bits per heavy atom. The minimum atomic E-state index is -0.181. The smallest absolute Gasteiger partial charge is 0.225 e. The van der Waals surface area contributed by atoms with Crippen LogP contribution in [0.25, 0.3) is 0 Å². The second kappa shape index (κ2) is 7.58. The predicted molar refractivity (Wildman–Crippen MR) is 77.8 cm³/mol. The van der Waals surface area contributed by atoms with Crippen molar-refractivity contribution >= 4 is 11.6 Å². The Hall–Kier alpha value is -1.82. The Balaban J connectivity index is 2.55. The molecule has 0 saturated heterocycles. The average molecular weight is 258 g/mol. The van der Waals surface area contributed by atoms with E-state index in [9.17, 15) is 4.79 Å². The van der Waals surface area contributed by atoms with Gasteiger partial charge >= 0.3 is 0 Å². The highest BCUT2D eigenvalue weighted by molar-refractivity contribution is 5.91. The molecule has 0 aliphatic carbocycles. The molecule has 1 unspecified atom stereocenters. The van der Waals surface area contributed by atoms with Gasteiger partial charge in [-0.2, -0.15) is 5.26 Å². The number of nitriles is 1. The van der Waals surface area contributed by atoms with Crippen LogP contribution in [0.5, 0.6) is 0 Å². The molecule has 0 aliphatic heterocycles. The third-order valence-corrected chi connectivity index (χ3v) is 3.11. The fourth-order valence-corrected chi connectivity index (χ4v) is 1.95. The van der Waals surface area contributed by atoms with Gasteiger partial charge in [0.05, 0.1) is 12.0 Å². The van der Waals surface area contributed by atoms with Crippen molar-refractivity contribution in [2.24, 2.45) is 5.92 Å². The fourth-order valence-electron chi connectivity index (χ4n) is 1.95. The Bertz CT molecular complexity index is 443. The van der Waals surface area contributed by atoms with E-state index in [2.05, 4.69) is 25.2 Å². The van der Waals surface area contributed by atoms with Crippen molar-refractivity contribution in [3.05, 3.63) is 29.8 Å². The molecular formula is C16H22N2O. The first kappa shape index (κ1) is 15.2. The summed E-state index contributed by atoms with van der Waals surface area (Å²) in [4.78, 5) is 11.8. The maximum atomic E-state index is 11.8. The Morgan fingerprint density at radius 2 is 1.95 bits per heavy atom. The molecule has 3 nitrogen and oxygen atoms in total. The van der Waals surface area contributed by atoms with E-state index in [0.29, 0.717) is 5.92 Å². The van der Waals surface area contributed by atoms with E-state index in [1.807, 2.05) is 31.2 Å². The van der Waals surface area contributed by atoms with Gasteiger partial charge < -0.3 is 5.32 Å². The molecule has 19 heavy (non-hydrogen) atoms. The molecule has 0 aliphatic rings. The van der Waals surface area contributed by atoms with Crippen molar-refractivity contribution in [2.45, 2.75) is 46.0 Å². The highest BCUT2D eigenvalue weighted by Crippen LogP contribution is 2.18. The van der Waals surface area contributed by atoms with E-state index < -0.39 is 0 Å². The SMILES string of the molecule is CCCC(C#N)CC(=O)Nc1ccc(C(C)C)cc1. The van der Waals surface area contributed by atoms with Crippen LogP contribution in [0, 0.1) is 17.2 Å². The van der Waals surface area contributed by atoms with E-state index in [1.165, 1.54) is 5.56 Å². The van der Waals surface area contributed by atoms with Gasteiger partial charge in [0.2, 0.25) is 5.91 Å². The van der Waals surface area contributed by atoms with Crippen LogP contribution in [-0.2, 0) is 4.79 Å². The summed E-state index contributed by atoms with van der Waals surface area (Å²) >= 11 is 0. The molecule has 1 aromatic carbocycles. The zero-order valence-electron chi connectivity index (χ0n) is 11.9. The van der Waals surface area contributed by atoms with Gasteiger partial charge in [-0.25, -0.2) is 0 Å². The summed E-state index contributed by atoms with van der Waals surface area (Å²) in [5.74, 6) is 0.217. The molecule has 102 valence electrons. The monoisotopic (exact) mass is 258 g/mol. The lowest BCUT2D eigenvalue weighted by molar-refractivity contribution is -0.116. The molecule has 0 saturated carbocycles. The van der Waals surface area contributed by atoms with Crippen molar-refractivity contribution in [3.8, 4) is 6.07 Å². The molecule has 1 rings (SSSR count). The second-order valence-corrected chi connectivity index (χ2v) is 5.14. The molecule has 0 heterocycles. The summed E-state index contributed by atoms with van der Waals surface area (Å²) < 4.78 is 0. The number of benzene rings is 1. The minimum Gasteiger partial charge on any atom is -0.326 e. The Labute approximate surface area is 115 Å². The summed E-state index contributed by atoms with van der Waals surface area (Å²) in [5, 5.41) is 11.8. The molecule has 0 radical (unpaired) electrons. The molecule has 1 N–H and O–H groups in total. The van der Waals surface area contributed by atoms with Crippen LogP contribution in [0.1, 0.15) is 51.5 Å². The van der Waals surface area contributed by atoms with Gasteiger partial charge in [0.15, 0.2) is 0 Å². The molecule has 0 fully saturated rings. The van der Waals surface area contributed by atoms with Crippen LogP contribution in [0.3, 0.4) is 0 Å². The van der Waals surface area contributed by atoms with Crippen molar-refractivity contribution in [1.82, 2.24) is 0 Å². The lowest BCUT2D eigenvalue weighted by Crippen LogP contribution is -2.15. The van der Waals surface area contributed by atoms with Crippen molar-refractivity contribution in [3.63, 3.8) is 0 Å². The molecular weight excluding hydrogens is 236 g/mol. The quantitative estimate of drug-likeness (QED) is 0.836. The van der Waals surface area contributed by atoms with Crippen molar-refractivity contribution < 1.29 is 4.79 Å². The van der Waals surface area contributed by atoms with E-state index in [4.69, 9.17) is 5.26 Å². The molecule has 0 bridgehead atoms. The molecule has 3 heteroatoms. The first-order valence-electron chi connectivity index (χ1n) is 6.86. The maximum Gasteiger partial charge on any atom is 0.225 e. The number of nitrogens with one attached hydrogen (secondary N) is 1. The van der Waals surface area contributed by atoms with Gasteiger partial charge in [-0.1, -0.05) is 39.3 Å². The molecule has 0 aromatic heterocycles. The highest BCUT2D eigenvalue weighted by atomic mass is 16.1. The third kappa shape index (κ3) is 5.13. The molecule has 1 atom stereocenters. The first-order chi connectivity index (χ1) is 9.06. The number of hydrogen-bond acceptors (Lipinski definition) is 2. The van der Waals surface area contributed by atoms with Crippen LogP contribution >= 0.6 is 0 Å². The molecule has 1 aromatic rings. The summed E-state index contributed by atoms with van der Waals surface area (Å²) in [6.45, 7) is 6.29. The number of hydrogen-bond donors (Lipinski definition) is 1. The van der Waals surface area contributed by atoms with Gasteiger partial charge in [0.25, 0.3) is 0 Å². The van der Waals surface area contributed by atoms with Gasteiger partial charge in [-0.15, -0.1) is 0 Å². The lowest BCUT2D eigenvalue weighted by atomic mass is 10.0. The maximum absolute atomic E-state index is 11.8. The number of rotatable bonds is 6. The second-order valence-electron chi connectivity index (χ2n) is 5.14. The van der Waals surface area contributed by atoms with Gasteiger partial charge in [0, 0.05) is 12.1 Å². The van der Waals surface area contributed by atoms with Crippen LogP contribution < -0.4 is 5.32 Å². The Morgan fingerprint density at radius 3 is 2.42 bits per heavy atom. The van der Waals surface area contributed by atoms with E-state index in [1.54, 1.807) is 0 Å². The number of amides is 1. The lowest BCUT2D eigenvalue weighted by Gasteiger charge is -2.10. The number of carbonyl (C=O) groups is 1. The summed E-state index contributed by atoms with van der Waals surface area (Å²) in [6.07, 6.45) is 1.97. The van der Waals surface area contributed by atoms with Crippen LogP contribution in [0.2, 0.25) is 0 Å². The number of anilines is 1. The van der Waals surface area contributed by atoms with Crippen molar-refractivity contribution in [1.29, 1.82) is 5.26 Å². The Kier molecular flexibility index (Phi) is 6.08. The van der Waals surface area contributed by atoms with Crippen LogP contribution in [0.4, 0.5) is 5.69 Å². The predicted octanol–water partition coefficient (Wildman–Crippen LogP) is 4.08. The van der Waals surface area contributed by atoms with Gasteiger partial charge in [-0.05, 0) is 30.0 Å². The minimum absolute atomic E-state index is 0.0858. The van der Waals surface area contributed by atoms with E-state index in [0.717, 1.165) is 18.5 Å². The highest BCUT2D eigenvalue weighted by Gasteiger charge is 2.12. The third-order valence-electron chi connectivity index (χ3n) is 3.11. The van der Waals surface area contributed by atoms with Crippen molar-refractivity contribution in [2.75, 3.05) is 5.32 Å². The normalized spacial score (nSPS) is 11.9. The zero-order chi connectivity index (χ0) is 14.3. The summed E-state index contributed by atoms with van der Waals surface area (Å²) in [6, 6.07) is 10.0. The van der Waals surface area contributed by atoms with Gasteiger partial charge in [-0.3, -0.25) is 4.79 Å².